The molecular weight excluding hydrogens is 148 g/mol. The fraction of sp³-hybridized carbons (Fsp3) is 1.00. The van der Waals surface area contributed by atoms with Crippen molar-refractivity contribution in [1.29, 1.82) is 0 Å². The van der Waals surface area contributed by atoms with Crippen LogP contribution in [0.15, 0.2) is 0 Å². The van der Waals surface area contributed by atoms with Crippen LogP contribution in [0.1, 0.15) is 33.6 Å². The molecule has 2 atom stereocenters. The van der Waals surface area contributed by atoms with Crippen LogP contribution < -0.4 is 0 Å². The van der Waals surface area contributed by atoms with Gasteiger partial charge in [-0.1, -0.05) is 20.8 Å². The Morgan fingerprint density at radius 3 is 2.08 bits per heavy atom. The van der Waals surface area contributed by atoms with Gasteiger partial charge in [0, 0.05) is 13.2 Å². The highest BCUT2D eigenvalue weighted by molar-refractivity contribution is 5.05. The van der Waals surface area contributed by atoms with Crippen molar-refractivity contribution < 1.29 is 4.74 Å². The number of rotatable bonds is 1. The zero-order chi connectivity index (χ0) is 8.77. The molecule has 70 valence electrons. The Hall–Kier alpha value is -0.0400. The fourth-order valence-electron chi connectivity index (χ4n) is 3.03. The molecule has 2 fully saturated rings. The quantitative estimate of drug-likeness (QED) is 0.585. The van der Waals surface area contributed by atoms with Crippen molar-refractivity contribution >= 4 is 0 Å². The van der Waals surface area contributed by atoms with Crippen molar-refractivity contribution in [3.8, 4) is 0 Å². The maximum absolute atomic E-state index is 5.38. The molecule has 0 aromatic heterocycles. The minimum Gasteiger partial charge on any atom is -0.381 e. The van der Waals surface area contributed by atoms with E-state index in [4.69, 9.17) is 4.74 Å². The summed E-state index contributed by atoms with van der Waals surface area (Å²) >= 11 is 0. The van der Waals surface area contributed by atoms with Crippen molar-refractivity contribution in [1.82, 2.24) is 0 Å². The van der Waals surface area contributed by atoms with E-state index in [-0.39, 0.29) is 0 Å². The van der Waals surface area contributed by atoms with Crippen molar-refractivity contribution in [2.45, 2.75) is 33.6 Å². The Bertz CT molecular complexity index is 168. The van der Waals surface area contributed by atoms with Crippen LogP contribution in [0.5, 0.6) is 0 Å². The molecule has 2 aliphatic rings. The van der Waals surface area contributed by atoms with Gasteiger partial charge in [-0.3, -0.25) is 0 Å². The van der Waals surface area contributed by atoms with E-state index in [0.717, 1.165) is 31.0 Å². The third kappa shape index (κ3) is 1.19. The molecule has 1 heterocycles. The predicted molar refractivity (Wildman–Crippen MR) is 50.0 cm³/mol. The summed E-state index contributed by atoms with van der Waals surface area (Å²) in [5.41, 5.74) is 0.627. The van der Waals surface area contributed by atoms with Crippen LogP contribution in [0.4, 0.5) is 0 Å². The standard InChI is InChI=1S/C11H20O/c1-8-10(11(8,2)3)9-4-6-12-7-5-9/h8-10H,4-7H2,1-3H3. The first-order valence-electron chi connectivity index (χ1n) is 5.22. The summed E-state index contributed by atoms with van der Waals surface area (Å²) in [7, 11) is 0. The minimum atomic E-state index is 0.627. The number of hydrogen-bond acceptors (Lipinski definition) is 1. The Balaban J connectivity index is 1.93. The largest absolute Gasteiger partial charge is 0.381 e. The van der Waals surface area contributed by atoms with E-state index in [1.165, 1.54) is 12.8 Å². The van der Waals surface area contributed by atoms with Crippen molar-refractivity contribution in [2.75, 3.05) is 13.2 Å². The molecule has 12 heavy (non-hydrogen) atoms. The minimum absolute atomic E-state index is 0.627. The highest BCUT2D eigenvalue weighted by atomic mass is 16.5. The molecule has 0 radical (unpaired) electrons. The first-order valence-corrected chi connectivity index (χ1v) is 5.22. The van der Waals surface area contributed by atoms with E-state index < -0.39 is 0 Å². The van der Waals surface area contributed by atoms with Crippen molar-refractivity contribution in [3.63, 3.8) is 0 Å². The maximum atomic E-state index is 5.38. The average molecular weight is 168 g/mol. The van der Waals surface area contributed by atoms with E-state index in [1.807, 2.05) is 0 Å². The molecule has 1 aliphatic carbocycles. The smallest absolute Gasteiger partial charge is 0.0468 e. The van der Waals surface area contributed by atoms with Gasteiger partial charge in [-0.15, -0.1) is 0 Å². The molecule has 1 aliphatic heterocycles. The van der Waals surface area contributed by atoms with Crippen LogP contribution in [0.3, 0.4) is 0 Å². The topological polar surface area (TPSA) is 9.23 Å². The highest BCUT2D eigenvalue weighted by Gasteiger charge is 2.57. The first-order chi connectivity index (χ1) is 5.64. The van der Waals surface area contributed by atoms with Gasteiger partial charge in [-0.2, -0.15) is 0 Å². The monoisotopic (exact) mass is 168 g/mol. The lowest BCUT2D eigenvalue weighted by molar-refractivity contribution is 0.0552. The molecule has 1 saturated carbocycles. The summed E-state index contributed by atoms with van der Waals surface area (Å²) in [4.78, 5) is 0. The van der Waals surface area contributed by atoms with Gasteiger partial charge in [0.1, 0.15) is 0 Å². The summed E-state index contributed by atoms with van der Waals surface area (Å²) < 4.78 is 5.38. The van der Waals surface area contributed by atoms with Gasteiger partial charge in [0.15, 0.2) is 0 Å². The molecule has 0 spiro atoms. The van der Waals surface area contributed by atoms with Gasteiger partial charge >= 0.3 is 0 Å². The second-order valence-corrected chi connectivity index (χ2v) is 5.09. The van der Waals surface area contributed by atoms with Gasteiger partial charge in [-0.05, 0) is 36.0 Å². The lowest BCUT2D eigenvalue weighted by Gasteiger charge is -2.23. The highest BCUT2D eigenvalue weighted by Crippen LogP contribution is 2.62. The maximum Gasteiger partial charge on any atom is 0.0468 e. The Kier molecular flexibility index (Phi) is 1.95. The van der Waals surface area contributed by atoms with Gasteiger partial charge in [0.2, 0.25) is 0 Å². The first kappa shape index (κ1) is 8.55. The number of hydrogen-bond donors (Lipinski definition) is 0. The van der Waals surface area contributed by atoms with E-state index in [2.05, 4.69) is 20.8 Å². The normalized spacial score (nSPS) is 41.2. The average Bonchev–Trinajstić information content (AvgIpc) is 2.53. The summed E-state index contributed by atoms with van der Waals surface area (Å²) in [6.45, 7) is 9.24. The summed E-state index contributed by atoms with van der Waals surface area (Å²) in [6, 6.07) is 0. The van der Waals surface area contributed by atoms with Gasteiger partial charge in [0.05, 0.1) is 0 Å². The zero-order valence-electron chi connectivity index (χ0n) is 8.47. The van der Waals surface area contributed by atoms with E-state index >= 15 is 0 Å². The molecular formula is C11H20O. The zero-order valence-corrected chi connectivity index (χ0v) is 8.47. The molecule has 1 heteroatoms. The van der Waals surface area contributed by atoms with Crippen LogP contribution in [-0.4, -0.2) is 13.2 Å². The third-order valence-corrected chi connectivity index (χ3v) is 4.24. The third-order valence-electron chi connectivity index (χ3n) is 4.24. The van der Waals surface area contributed by atoms with Crippen molar-refractivity contribution in [3.05, 3.63) is 0 Å². The van der Waals surface area contributed by atoms with Gasteiger partial charge < -0.3 is 4.74 Å². The lowest BCUT2D eigenvalue weighted by atomic mass is 9.90. The number of ether oxygens (including phenoxy) is 1. The molecule has 0 amide bonds. The molecule has 2 unspecified atom stereocenters. The molecule has 2 rings (SSSR count). The Morgan fingerprint density at radius 1 is 1.17 bits per heavy atom. The summed E-state index contributed by atoms with van der Waals surface area (Å²) in [6.07, 6.45) is 2.61. The van der Waals surface area contributed by atoms with Crippen LogP contribution in [0, 0.1) is 23.2 Å². The second-order valence-electron chi connectivity index (χ2n) is 5.09. The second kappa shape index (κ2) is 2.73. The lowest BCUT2D eigenvalue weighted by Crippen LogP contribution is -2.19. The van der Waals surface area contributed by atoms with Crippen LogP contribution in [0.2, 0.25) is 0 Å². The molecule has 0 aromatic rings. The van der Waals surface area contributed by atoms with Gasteiger partial charge in [0.25, 0.3) is 0 Å². The molecule has 0 aromatic carbocycles. The molecule has 1 saturated heterocycles. The van der Waals surface area contributed by atoms with Gasteiger partial charge in [-0.25, -0.2) is 0 Å². The van der Waals surface area contributed by atoms with Crippen LogP contribution in [0.25, 0.3) is 0 Å². The van der Waals surface area contributed by atoms with E-state index in [9.17, 15) is 0 Å². The Labute approximate surface area is 75.5 Å². The van der Waals surface area contributed by atoms with Crippen molar-refractivity contribution in [2.24, 2.45) is 23.2 Å². The van der Waals surface area contributed by atoms with E-state index in [1.54, 1.807) is 0 Å². The molecule has 0 bridgehead atoms. The predicted octanol–water partition coefficient (Wildman–Crippen LogP) is 2.71. The fourth-order valence-corrected chi connectivity index (χ4v) is 3.03. The van der Waals surface area contributed by atoms with Crippen LogP contribution in [-0.2, 0) is 4.74 Å². The molecule has 1 nitrogen and oxygen atoms in total. The summed E-state index contributed by atoms with van der Waals surface area (Å²) in [5, 5.41) is 0. The van der Waals surface area contributed by atoms with E-state index in [0.29, 0.717) is 5.41 Å². The van der Waals surface area contributed by atoms with Crippen LogP contribution >= 0.6 is 0 Å². The summed E-state index contributed by atoms with van der Waals surface area (Å²) in [5.74, 6) is 2.89. The molecule has 0 N–H and O–H groups in total. The Morgan fingerprint density at radius 2 is 1.67 bits per heavy atom. The SMILES string of the molecule is CC1C(C2CCOCC2)C1(C)C.